The summed E-state index contributed by atoms with van der Waals surface area (Å²) in [6.45, 7) is 0.302. The Kier molecular flexibility index (Phi) is 3.76. The van der Waals surface area contributed by atoms with Gasteiger partial charge in [-0.15, -0.1) is 0 Å². The van der Waals surface area contributed by atoms with Crippen LogP contribution in [0.3, 0.4) is 0 Å². The Morgan fingerprint density at radius 3 is 2.85 bits per heavy atom. The molecular formula is C16H21NO3. The largest absolute Gasteiger partial charge is 0.462 e. The number of carbonyl (C=O) groups excluding carboxylic acids is 1. The maximum Gasteiger partial charge on any atom is 0.338 e. The quantitative estimate of drug-likeness (QED) is 0.853. The van der Waals surface area contributed by atoms with Crippen LogP contribution in [0.25, 0.3) is 0 Å². The average molecular weight is 275 g/mol. The molecule has 2 heterocycles. The number of carbonyl (C=O) groups is 1. The predicted octanol–water partition coefficient (Wildman–Crippen LogP) is 1.69. The van der Waals surface area contributed by atoms with Crippen LogP contribution in [-0.4, -0.2) is 47.8 Å². The second-order valence-electron chi connectivity index (χ2n) is 5.90. The highest BCUT2D eigenvalue weighted by Gasteiger charge is 2.45. The molecule has 0 saturated carbocycles. The molecule has 2 aliphatic rings. The predicted molar refractivity (Wildman–Crippen MR) is 75.4 cm³/mol. The molecule has 2 fully saturated rings. The zero-order valence-corrected chi connectivity index (χ0v) is 11.7. The molecule has 4 atom stereocenters. The van der Waals surface area contributed by atoms with Crippen LogP contribution in [0, 0.1) is 5.92 Å². The number of benzene rings is 1. The van der Waals surface area contributed by atoms with Crippen LogP contribution in [0.5, 0.6) is 0 Å². The molecule has 20 heavy (non-hydrogen) atoms. The van der Waals surface area contributed by atoms with Gasteiger partial charge in [-0.3, -0.25) is 4.90 Å². The van der Waals surface area contributed by atoms with Crippen LogP contribution in [0.4, 0.5) is 0 Å². The molecule has 0 spiro atoms. The first-order chi connectivity index (χ1) is 9.66. The highest BCUT2D eigenvalue weighted by Crippen LogP contribution is 2.38. The van der Waals surface area contributed by atoms with Gasteiger partial charge in [0.25, 0.3) is 0 Å². The summed E-state index contributed by atoms with van der Waals surface area (Å²) >= 11 is 0. The van der Waals surface area contributed by atoms with Crippen molar-refractivity contribution in [1.82, 2.24) is 4.90 Å². The van der Waals surface area contributed by atoms with Crippen molar-refractivity contribution in [3.05, 3.63) is 35.9 Å². The fourth-order valence-corrected chi connectivity index (χ4v) is 3.60. The number of aliphatic hydroxyl groups is 1. The van der Waals surface area contributed by atoms with E-state index in [1.54, 1.807) is 12.1 Å². The Morgan fingerprint density at radius 1 is 1.35 bits per heavy atom. The summed E-state index contributed by atoms with van der Waals surface area (Å²) in [4.78, 5) is 14.3. The highest BCUT2D eigenvalue weighted by atomic mass is 16.5. The molecule has 2 aliphatic heterocycles. The second-order valence-corrected chi connectivity index (χ2v) is 5.90. The maximum absolute atomic E-state index is 12.0. The van der Waals surface area contributed by atoms with E-state index in [-0.39, 0.29) is 18.0 Å². The number of hydrogen-bond donors (Lipinski definition) is 1. The molecule has 1 N–H and O–H groups in total. The van der Waals surface area contributed by atoms with Crippen LogP contribution >= 0.6 is 0 Å². The third-order valence-corrected chi connectivity index (χ3v) is 4.81. The molecular weight excluding hydrogens is 254 g/mol. The van der Waals surface area contributed by atoms with Gasteiger partial charge in [0, 0.05) is 18.0 Å². The average Bonchev–Trinajstić information content (AvgIpc) is 2.72. The fourth-order valence-electron chi connectivity index (χ4n) is 3.60. The van der Waals surface area contributed by atoms with Gasteiger partial charge < -0.3 is 9.84 Å². The van der Waals surface area contributed by atoms with Gasteiger partial charge in [0.15, 0.2) is 0 Å². The van der Waals surface area contributed by atoms with E-state index in [0.717, 1.165) is 19.3 Å². The first-order valence-electron chi connectivity index (χ1n) is 7.29. The lowest BCUT2D eigenvalue weighted by Gasteiger charge is -2.40. The Morgan fingerprint density at radius 2 is 2.10 bits per heavy atom. The number of fused-ring (bicyclic) bond motifs is 2. The summed E-state index contributed by atoms with van der Waals surface area (Å²) in [7, 11) is 2.11. The minimum atomic E-state index is -0.354. The van der Waals surface area contributed by atoms with Crippen molar-refractivity contribution in [2.45, 2.75) is 37.5 Å². The molecule has 0 aliphatic carbocycles. The van der Waals surface area contributed by atoms with E-state index in [0.29, 0.717) is 24.3 Å². The fraction of sp³-hybridized carbons (Fsp3) is 0.562. The van der Waals surface area contributed by atoms with Gasteiger partial charge in [0.2, 0.25) is 0 Å². The van der Waals surface area contributed by atoms with E-state index in [4.69, 9.17) is 4.74 Å². The lowest BCUT2D eigenvalue weighted by Crippen LogP contribution is -2.50. The molecule has 2 bridgehead atoms. The van der Waals surface area contributed by atoms with E-state index in [1.165, 1.54) is 0 Å². The van der Waals surface area contributed by atoms with E-state index >= 15 is 0 Å². The molecule has 3 rings (SSSR count). The first-order valence-corrected chi connectivity index (χ1v) is 7.29. The lowest BCUT2D eigenvalue weighted by atomic mass is 9.88. The zero-order chi connectivity index (χ0) is 14.1. The molecule has 0 unspecified atom stereocenters. The SMILES string of the molecule is CN1[C@H]2CC[C@@H]1[C@H](COC(=O)c1ccccc1)[C@H](O)C2. The van der Waals surface area contributed by atoms with E-state index < -0.39 is 0 Å². The van der Waals surface area contributed by atoms with Crippen LogP contribution in [0.15, 0.2) is 30.3 Å². The molecule has 0 radical (unpaired) electrons. The normalized spacial score (nSPS) is 33.1. The van der Waals surface area contributed by atoms with Gasteiger partial charge in [-0.2, -0.15) is 0 Å². The number of piperidine rings is 1. The number of rotatable bonds is 3. The summed E-state index contributed by atoms with van der Waals surface area (Å²) in [6, 6.07) is 9.84. The molecule has 4 nitrogen and oxygen atoms in total. The van der Waals surface area contributed by atoms with Crippen molar-refractivity contribution in [2.24, 2.45) is 5.92 Å². The van der Waals surface area contributed by atoms with Crippen LogP contribution in [0.1, 0.15) is 29.6 Å². The van der Waals surface area contributed by atoms with Gasteiger partial charge >= 0.3 is 5.97 Å². The van der Waals surface area contributed by atoms with Crippen molar-refractivity contribution < 1.29 is 14.6 Å². The molecule has 2 saturated heterocycles. The number of hydrogen-bond acceptors (Lipinski definition) is 4. The van der Waals surface area contributed by atoms with Crippen molar-refractivity contribution in [3.8, 4) is 0 Å². The zero-order valence-electron chi connectivity index (χ0n) is 11.7. The minimum Gasteiger partial charge on any atom is -0.462 e. The van der Waals surface area contributed by atoms with Crippen LogP contribution in [0.2, 0.25) is 0 Å². The summed E-state index contributed by atoms with van der Waals surface area (Å²) in [5, 5.41) is 10.2. The van der Waals surface area contributed by atoms with E-state index in [1.807, 2.05) is 18.2 Å². The number of aliphatic hydroxyl groups excluding tert-OH is 1. The monoisotopic (exact) mass is 275 g/mol. The Labute approximate surface area is 119 Å². The number of nitrogens with zero attached hydrogens (tertiary/aromatic N) is 1. The standard InChI is InChI=1S/C16H21NO3/c1-17-12-7-8-14(17)13(15(18)9-12)10-20-16(19)11-5-3-2-4-6-11/h2-6,12-15,18H,7-10H2,1H3/t12-,13-,14+,15+/m0/s1. The first kappa shape index (κ1) is 13.6. The summed E-state index contributed by atoms with van der Waals surface area (Å²) in [5.41, 5.74) is 0.565. The minimum absolute atomic E-state index is 0.0337. The molecule has 4 heteroatoms. The topological polar surface area (TPSA) is 49.8 Å². The number of ether oxygens (including phenoxy) is 1. The molecule has 0 amide bonds. The lowest BCUT2D eigenvalue weighted by molar-refractivity contribution is -0.0382. The van der Waals surface area contributed by atoms with E-state index in [2.05, 4.69) is 11.9 Å². The van der Waals surface area contributed by atoms with Gasteiger partial charge in [-0.25, -0.2) is 4.79 Å². The van der Waals surface area contributed by atoms with Gasteiger partial charge in [-0.05, 0) is 38.4 Å². The Hall–Kier alpha value is -1.39. The van der Waals surface area contributed by atoms with Crippen LogP contribution in [-0.2, 0) is 4.74 Å². The molecule has 0 aromatic heterocycles. The summed E-state index contributed by atoms with van der Waals surface area (Å²) in [5.74, 6) is -0.271. The Bertz CT molecular complexity index is 476. The molecule has 1 aromatic rings. The summed E-state index contributed by atoms with van der Waals surface area (Å²) in [6.07, 6.45) is 2.67. The van der Waals surface area contributed by atoms with E-state index in [9.17, 15) is 9.90 Å². The summed E-state index contributed by atoms with van der Waals surface area (Å²) < 4.78 is 5.41. The van der Waals surface area contributed by atoms with Gasteiger partial charge in [0.05, 0.1) is 18.3 Å². The number of esters is 1. The van der Waals surface area contributed by atoms with Crippen LogP contribution < -0.4 is 0 Å². The molecule has 108 valence electrons. The highest BCUT2D eigenvalue weighted by molar-refractivity contribution is 5.89. The maximum atomic E-state index is 12.0. The third-order valence-electron chi connectivity index (χ3n) is 4.81. The van der Waals surface area contributed by atoms with Crippen molar-refractivity contribution in [2.75, 3.05) is 13.7 Å². The molecule has 1 aromatic carbocycles. The van der Waals surface area contributed by atoms with Crippen molar-refractivity contribution >= 4 is 5.97 Å². The van der Waals surface area contributed by atoms with Crippen molar-refractivity contribution in [1.29, 1.82) is 0 Å². The van der Waals surface area contributed by atoms with Crippen molar-refractivity contribution in [3.63, 3.8) is 0 Å². The second kappa shape index (κ2) is 5.54. The smallest absolute Gasteiger partial charge is 0.338 e. The third kappa shape index (κ3) is 2.45. The van der Waals surface area contributed by atoms with Gasteiger partial charge in [-0.1, -0.05) is 18.2 Å². The van der Waals surface area contributed by atoms with Gasteiger partial charge in [0.1, 0.15) is 0 Å². The Balaban J connectivity index is 1.62.